The third kappa shape index (κ3) is 8.75. The van der Waals surface area contributed by atoms with E-state index in [-0.39, 0.29) is 25.0 Å². The Bertz CT molecular complexity index is 339. The van der Waals surface area contributed by atoms with Crippen LogP contribution in [0, 0.1) is 0 Å². The Balaban J connectivity index is 0.000000507. The molecule has 0 aliphatic rings. The van der Waals surface area contributed by atoms with Gasteiger partial charge in [0.25, 0.3) is 0 Å². The van der Waals surface area contributed by atoms with E-state index < -0.39 is 0 Å². The van der Waals surface area contributed by atoms with Crippen molar-refractivity contribution in [3.05, 3.63) is 54.6 Å². The summed E-state index contributed by atoms with van der Waals surface area (Å²) in [7, 11) is 0.169. The zero-order chi connectivity index (χ0) is 13.8. The van der Waals surface area contributed by atoms with Crippen molar-refractivity contribution in [1.82, 2.24) is 0 Å². The van der Waals surface area contributed by atoms with Crippen LogP contribution < -0.4 is 5.30 Å². The Kier molecular flexibility index (Phi) is 13.4. The summed E-state index contributed by atoms with van der Waals surface area (Å²) in [5.74, 6) is 0. The summed E-state index contributed by atoms with van der Waals surface area (Å²) >= 11 is 0. The normalized spacial score (nSPS) is 9.75. The molecule has 0 saturated carbocycles. The molecule has 0 aliphatic carbocycles. The molecule has 2 aromatic rings. The van der Waals surface area contributed by atoms with Crippen LogP contribution in [0.2, 0.25) is 0 Å². The smallest absolute Gasteiger partial charge is 0.214 e. The van der Waals surface area contributed by atoms with Gasteiger partial charge in [0.1, 0.15) is 0 Å². The minimum Gasteiger partial charge on any atom is -0.214 e. The molecule has 0 saturated heterocycles. The Labute approximate surface area is 136 Å². The summed E-state index contributed by atoms with van der Waals surface area (Å²) in [5.41, 5.74) is 0. The number of unbranched alkanes of at least 4 members (excludes halogenated alkanes) is 2. The largest absolute Gasteiger partial charge is 2.00 e. The van der Waals surface area contributed by atoms with Crippen LogP contribution in [0.1, 0.15) is 39.5 Å². The molecule has 0 aliphatic heterocycles. The average Bonchev–Trinajstić information content (AvgIpc) is 3.14. The molecule has 0 N–H and O–H groups in total. The molecule has 20 heavy (non-hydrogen) atoms. The van der Waals surface area contributed by atoms with Crippen LogP contribution in [0.25, 0.3) is 0 Å². The summed E-state index contributed by atoms with van der Waals surface area (Å²) in [5, 5.41) is 1.63. The first-order valence-electron chi connectivity index (χ1n) is 7.51. The molecule has 0 aromatic heterocycles. The maximum atomic E-state index is 2.32. The molecule has 2 aromatic carbocycles. The Hall–Kier alpha value is -0.351. The van der Waals surface area contributed by atoms with Crippen molar-refractivity contribution >= 4 is 13.2 Å². The molecule has 0 heterocycles. The number of hydrogen-bond acceptors (Lipinski definition) is 0. The molecule has 0 radical (unpaired) electrons. The molecule has 0 spiro atoms. The molecule has 0 nitrogen and oxygen atoms in total. The summed E-state index contributed by atoms with van der Waals surface area (Å²) in [6.07, 6.45) is 8.37. The second-order valence-electron chi connectivity index (χ2n) is 4.80. The van der Waals surface area contributed by atoms with E-state index >= 15 is 0 Å². The summed E-state index contributed by atoms with van der Waals surface area (Å²) in [6, 6.07) is 19.0. The van der Waals surface area contributed by atoms with E-state index in [9.17, 15) is 0 Å². The maximum Gasteiger partial charge on any atom is 2.00 e. The Morgan fingerprint density at radius 1 is 0.900 bits per heavy atom. The monoisotopic (exact) mass is 330 g/mol. The third-order valence-corrected chi connectivity index (χ3v) is 5.87. The van der Waals surface area contributed by atoms with Gasteiger partial charge in [-0.1, -0.05) is 26.7 Å². The molecule has 0 atom stereocenters. The van der Waals surface area contributed by atoms with E-state index in [1.54, 1.807) is 5.30 Å². The fourth-order valence-corrected chi connectivity index (χ4v) is 4.69. The molecular weight excluding hydrogens is 303 g/mol. The van der Waals surface area contributed by atoms with Gasteiger partial charge in [0.2, 0.25) is 0 Å². The van der Waals surface area contributed by atoms with Gasteiger partial charge < -0.3 is 0 Å². The Morgan fingerprint density at radius 3 is 1.85 bits per heavy atom. The van der Waals surface area contributed by atoms with Gasteiger partial charge in [-0.25, -0.2) is 24.3 Å². The van der Waals surface area contributed by atoms with Crippen LogP contribution in [0.5, 0.6) is 0 Å². The first-order valence-corrected chi connectivity index (χ1v) is 9.23. The zero-order valence-corrected chi connectivity index (χ0v) is 14.7. The predicted molar refractivity (Wildman–Crippen MR) is 90.2 cm³/mol. The van der Waals surface area contributed by atoms with E-state index in [4.69, 9.17) is 0 Å². The molecule has 112 valence electrons. The van der Waals surface area contributed by atoms with Crippen molar-refractivity contribution in [2.45, 2.75) is 39.5 Å². The topological polar surface area (TPSA) is 0 Å². The number of rotatable bonds is 7. The fourth-order valence-electron chi connectivity index (χ4n) is 1.96. The standard InChI is InChI=1S/C13H22P.C5H5.Fe/c1-3-5-11-14(12-6-4-2)13-9-7-8-10-13;1-2-4-5-3-1;/h7-10H,3-6,11-12H2,1-2H3;1-5H;/q2*-1;+2. The fraction of sp³-hybridized carbons (Fsp3) is 0.444. The summed E-state index contributed by atoms with van der Waals surface area (Å²) in [4.78, 5) is 0. The molecule has 0 amide bonds. The molecule has 2 heteroatoms. The van der Waals surface area contributed by atoms with Crippen LogP contribution in [0.15, 0.2) is 54.6 Å². The van der Waals surface area contributed by atoms with Crippen molar-refractivity contribution in [3.63, 3.8) is 0 Å². The van der Waals surface area contributed by atoms with Crippen LogP contribution in [-0.2, 0) is 17.1 Å². The second kappa shape index (κ2) is 13.6. The molecule has 0 unspecified atom stereocenters. The van der Waals surface area contributed by atoms with Crippen LogP contribution in [-0.4, -0.2) is 12.3 Å². The second-order valence-corrected chi connectivity index (χ2v) is 7.29. The van der Waals surface area contributed by atoms with Crippen LogP contribution in [0.4, 0.5) is 0 Å². The van der Waals surface area contributed by atoms with Crippen molar-refractivity contribution in [2.24, 2.45) is 0 Å². The first kappa shape index (κ1) is 19.6. The van der Waals surface area contributed by atoms with E-state index in [1.165, 1.54) is 38.0 Å². The molecule has 0 bridgehead atoms. The van der Waals surface area contributed by atoms with E-state index in [2.05, 4.69) is 38.1 Å². The third-order valence-electron chi connectivity index (χ3n) is 3.13. The quantitative estimate of drug-likeness (QED) is 0.356. The minimum atomic E-state index is 0. The minimum absolute atomic E-state index is 0. The maximum absolute atomic E-state index is 2.32. The van der Waals surface area contributed by atoms with Crippen molar-refractivity contribution in [2.75, 3.05) is 12.3 Å². The van der Waals surface area contributed by atoms with Crippen LogP contribution in [0.3, 0.4) is 0 Å². The van der Waals surface area contributed by atoms with Gasteiger partial charge in [-0.05, 0) is 25.2 Å². The van der Waals surface area contributed by atoms with E-state index in [0.717, 1.165) is 0 Å². The molecule has 0 fully saturated rings. The first-order chi connectivity index (χ1) is 9.38. The van der Waals surface area contributed by atoms with Crippen molar-refractivity contribution in [1.29, 1.82) is 0 Å². The van der Waals surface area contributed by atoms with Crippen molar-refractivity contribution in [3.8, 4) is 0 Å². The SMILES string of the molecule is CCCCP(CCCC)c1ccc[cH-]1.[Fe+2].c1cc[cH-]c1. The molecular formula is C18H27FeP. The van der Waals surface area contributed by atoms with Gasteiger partial charge >= 0.3 is 17.1 Å². The summed E-state index contributed by atoms with van der Waals surface area (Å²) in [6.45, 7) is 4.58. The average molecular weight is 330 g/mol. The van der Waals surface area contributed by atoms with E-state index in [1.807, 2.05) is 30.3 Å². The van der Waals surface area contributed by atoms with Crippen LogP contribution >= 0.6 is 7.92 Å². The van der Waals surface area contributed by atoms with Gasteiger partial charge in [0, 0.05) is 0 Å². The predicted octanol–water partition coefficient (Wildman–Crippen LogP) is 5.52. The van der Waals surface area contributed by atoms with Gasteiger partial charge in [-0.2, -0.15) is 30.3 Å². The van der Waals surface area contributed by atoms with Gasteiger partial charge in [0.05, 0.1) is 0 Å². The van der Waals surface area contributed by atoms with E-state index in [0.29, 0.717) is 0 Å². The number of hydrogen-bond donors (Lipinski definition) is 0. The molecule has 2 rings (SSSR count). The summed E-state index contributed by atoms with van der Waals surface area (Å²) < 4.78 is 0. The van der Waals surface area contributed by atoms with Crippen molar-refractivity contribution < 1.29 is 17.1 Å². The zero-order valence-electron chi connectivity index (χ0n) is 12.7. The van der Waals surface area contributed by atoms with Gasteiger partial charge in [-0.3, -0.25) is 0 Å². The van der Waals surface area contributed by atoms with Gasteiger partial charge in [-0.15, -0.1) is 13.2 Å². The Morgan fingerprint density at radius 2 is 1.50 bits per heavy atom. The van der Waals surface area contributed by atoms with Gasteiger partial charge in [0.15, 0.2) is 0 Å².